The number of carboxylic acids is 1. The van der Waals surface area contributed by atoms with Crippen molar-refractivity contribution in [3.05, 3.63) is 54.1 Å². The molecular weight excluding hydrogens is 652 g/mol. The standard InChI is InChI=1S/C39H56N4O8/c44-28-29-51-34-22-20-31(21-23-34)32-14-13-15-33(30-32)39(50)43-27-12-3-7-18-37(47)41-25-10-1-5-16-35(45)40-24-9-2-6-17-36(46)42-26-11-4-8-19-38(48)49/h13-15,20-23,28,30H,1-12,16-19,24-27,29H2,(H,40,45)(H,41,47)(H,42,46)(H,43,50)(H,48,49). The Bertz CT molecular complexity index is 1350. The first-order valence-corrected chi connectivity index (χ1v) is 18.4. The Balaban J connectivity index is 1.40. The molecule has 2 aromatic carbocycles. The Morgan fingerprint density at radius 2 is 1.02 bits per heavy atom. The lowest BCUT2D eigenvalue weighted by Crippen LogP contribution is -2.25. The van der Waals surface area contributed by atoms with Crippen LogP contribution in [0, 0.1) is 0 Å². The number of carbonyl (C=O) groups is 6. The average molecular weight is 709 g/mol. The minimum Gasteiger partial charge on any atom is -0.486 e. The third-order valence-corrected chi connectivity index (χ3v) is 8.19. The number of aliphatic carboxylic acids is 1. The van der Waals surface area contributed by atoms with Gasteiger partial charge in [-0.05, 0) is 86.8 Å². The topological polar surface area (TPSA) is 180 Å². The summed E-state index contributed by atoms with van der Waals surface area (Å²) in [5, 5.41) is 20.3. The van der Waals surface area contributed by atoms with Gasteiger partial charge in [-0.25, -0.2) is 0 Å². The molecule has 12 heteroatoms. The van der Waals surface area contributed by atoms with Crippen molar-refractivity contribution in [2.45, 2.75) is 103 Å². The van der Waals surface area contributed by atoms with E-state index >= 15 is 0 Å². The van der Waals surface area contributed by atoms with Crippen LogP contribution in [0.5, 0.6) is 5.75 Å². The van der Waals surface area contributed by atoms with Gasteiger partial charge in [-0.3, -0.25) is 28.8 Å². The summed E-state index contributed by atoms with van der Waals surface area (Å²) in [5.74, 6) is -0.281. The number of nitrogens with one attached hydrogen (secondary N) is 4. The molecule has 5 N–H and O–H groups in total. The summed E-state index contributed by atoms with van der Waals surface area (Å²) in [7, 11) is 0. The lowest BCUT2D eigenvalue weighted by atomic mass is 10.0. The molecule has 4 amide bonds. The Hall–Kier alpha value is -4.74. The molecule has 0 aliphatic heterocycles. The fourth-order valence-corrected chi connectivity index (χ4v) is 5.31. The summed E-state index contributed by atoms with van der Waals surface area (Å²) in [5.41, 5.74) is 2.41. The maximum atomic E-state index is 12.7. The quantitative estimate of drug-likeness (QED) is 0.0555. The summed E-state index contributed by atoms with van der Waals surface area (Å²) >= 11 is 0. The van der Waals surface area contributed by atoms with E-state index in [2.05, 4.69) is 21.3 Å². The number of rotatable bonds is 29. The molecule has 0 spiro atoms. The molecule has 51 heavy (non-hydrogen) atoms. The van der Waals surface area contributed by atoms with Crippen LogP contribution >= 0.6 is 0 Å². The smallest absolute Gasteiger partial charge is 0.303 e. The van der Waals surface area contributed by atoms with E-state index in [1.165, 1.54) is 0 Å². The van der Waals surface area contributed by atoms with Crippen LogP contribution in [-0.2, 0) is 24.0 Å². The summed E-state index contributed by atoms with van der Waals surface area (Å²) in [6.07, 6.45) is 11.7. The zero-order chi connectivity index (χ0) is 36.9. The molecule has 12 nitrogen and oxygen atoms in total. The van der Waals surface area contributed by atoms with Crippen molar-refractivity contribution >= 4 is 35.9 Å². The van der Waals surface area contributed by atoms with Crippen molar-refractivity contribution in [2.24, 2.45) is 0 Å². The fourth-order valence-electron chi connectivity index (χ4n) is 5.31. The lowest BCUT2D eigenvalue weighted by Gasteiger charge is -2.09. The van der Waals surface area contributed by atoms with E-state index in [4.69, 9.17) is 9.84 Å². The third kappa shape index (κ3) is 21.2. The molecule has 0 radical (unpaired) electrons. The minimum absolute atomic E-state index is 0.00606. The maximum absolute atomic E-state index is 12.7. The van der Waals surface area contributed by atoms with Crippen molar-refractivity contribution in [2.75, 3.05) is 32.8 Å². The van der Waals surface area contributed by atoms with Gasteiger partial charge in [0.05, 0.1) is 0 Å². The molecule has 2 rings (SSSR count). The van der Waals surface area contributed by atoms with Crippen LogP contribution in [0.25, 0.3) is 11.1 Å². The molecule has 0 aliphatic rings. The number of benzene rings is 2. The van der Waals surface area contributed by atoms with Crippen LogP contribution in [0.2, 0.25) is 0 Å². The maximum Gasteiger partial charge on any atom is 0.303 e. The molecule has 0 saturated heterocycles. The Morgan fingerprint density at radius 1 is 0.549 bits per heavy atom. The second-order valence-electron chi connectivity index (χ2n) is 12.5. The number of aldehydes is 1. The predicted octanol–water partition coefficient (Wildman–Crippen LogP) is 5.34. The van der Waals surface area contributed by atoms with E-state index in [9.17, 15) is 28.8 Å². The van der Waals surface area contributed by atoms with E-state index in [1.807, 2.05) is 30.3 Å². The summed E-state index contributed by atoms with van der Waals surface area (Å²) in [6.45, 7) is 2.29. The van der Waals surface area contributed by atoms with E-state index in [0.29, 0.717) is 69.5 Å². The Morgan fingerprint density at radius 3 is 1.49 bits per heavy atom. The predicted molar refractivity (Wildman–Crippen MR) is 196 cm³/mol. The molecule has 0 bridgehead atoms. The number of carboxylic acid groups (broad SMARTS) is 1. The zero-order valence-electron chi connectivity index (χ0n) is 29.9. The van der Waals surface area contributed by atoms with Crippen LogP contribution in [0.1, 0.15) is 113 Å². The van der Waals surface area contributed by atoms with Gasteiger partial charge in [-0.15, -0.1) is 0 Å². The van der Waals surface area contributed by atoms with Gasteiger partial charge in [0.1, 0.15) is 12.4 Å². The SMILES string of the molecule is O=CCOc1ccc(-c2cccc(C(=O)NCCCCCC(=O)NCCCCCC(=O)NCCCCCC(=O)NCCCCCC(=O)O)c2)cc1. The number of ether oxygens (including phenoxy) is 1. The van der Waals surface area contributed by atoms with Crippen molar-refractivity contribution in [3.63, 3.8) is 0 Å². The number of hydrogen-bond donors (Lipinski definition) is 5. The number of carbonyl (C=O) groups excluding carboxylic acids is 5. The van der Waals surface area contributed by atoms with Crippen LogP contribution in [0.3, 0.4) is 0 Å². The Kier molecular flexibility index (Phi) is 22.5. The highest BCUT2D eigenvalue weighted by molar-refractivity contribution is 5.95. The average Bonchev–Trinajstić information content (AvgIpc) is 3.13. The molecule has 0 unspecified atom stereocenters. The molecule has 0 heterocycles. The Labute approximate surface area is 301 Å². The van der Waals surface area contributed by atoms with E-state index in [1.54, 1.807) is 18.2 Å². The highest BCUT2D eigenvalue weighted by Gasteiger charge is 2.08. The molecule has 0 fully saturated rings. The minimum atomic E-state index is -0.791. The van der Waals surface area contributed by atoms with Crippen LogP contribution in [0.15, 0.2) is 48.5 Å². The number of hydrogen-bond acceptors (Lipinski definition) is 7. The zero-order valence-corrected chi connectivity index (χ0v) is 29.9. The van der Waals surface area contributed by atoms with Gasteiger partial charge in [-0.2, -0.15) is 0 Å². The number of amides is 4. The fraction of sp³-hybridized carbons (Fsp3) is 0.538. The van der Waals surface area contributed by atoms with Crippen molar-refractivity contribution < 1.29 is 38.6 Å². The largest absolute Gasteiger partial charge is 0.486 e. The summed E-state index contributed by atoms with van der Waals surface area (Å²) in [4.78, 5) is 69.6. The van der Waals surface area contributed by atoms with Gasteiger partial charge in [0.2, 0.25) is 17.7 Å². The molecule has 280 valence electrons. The van der Waals surface area contributed by atoms with Gasteiger partial charge in [0, 0.05) is 57.4 Å². The summed E-state index contributed by atoms with van der Waals surface area (Å²) in [6, 6.07) is 14.7. The summed E-state index contributed by atoms with van der Waals surface area (Å²) < 4.78 is 5.28. The molecule has 2 aromatic rings. The van der Waals surface area contributed by atoms with Gasteiger partial charge in [0.25, 0.3) is 5.91 Å². The highest BCUT2D eigenvalue weighted by atomic mass is 16.5. The van der Waals surface area contributed by atoms with E-state index in [-0.39, 0.29) is 36.7 Å². The van der Waals surface area contributed by atoms with Crippen molar-refractivity contribution in [3.8, 4) is 16.9 Å². The van der Waals surface area contributed by atoms with Crippen molar-refractivity contribution in [1.29, 1.82) is 0 Å². The van der Waals surface area contributed by atoms with Gasteiger partial charge >= 0.3 is 5.97 Å². The van der Waals surface area contributed by atoms with Crippen molar-refractivity contribution in [1.82, 2.24) is 21.3 Å². The molecule has 0 aromatic heterocycles. The molecule has 0 aliphatic carbocycles. The second-order valence-corrected chi connectivity index (χ2v) is 12.5. The molecular formula is C39H56N4O8. The first-order valence-electron chi connectivity index (χ1n) is 18.4. The van der Waals surface area contributed by atoms with E-state index in [0.717, 1.165) is 81.8 Å². The molecule has 0 saturated carbocycles. The van der Waals surface area contributed by atoms with Gasteiger partial charge < -0.3 is 31.1 Å². The van der Waals surface area contributed by atoms with Crippen LogP contribution in [-0.4, -0.2) is 73.8 Å². The normalized spacial score (nSPS) is 10.6. The first kappa shape index (κ1) is 42.4. The van der Waals surface area contributed by atoms with Crippen LogP contribution in [0.4, 0.5) is 0 Å². The van der Waals surface area contributed by atoms with Gasteiger partial charge in [0.15, 0.2) is 6.29 Å². The lowest BCUT2D eigenvalue weighted by molar-refractivity contribution is -0.137. The monoisotopic (exact) mass is 708 g/mol. The molecule has 0 atom stereocenters. The van der Waals surface area contributed by atoms with E-state index < -0.39 is 5.97 Å². The first-order chi connectivity index (χ1) is 24.8. The van der Waals surface area contributed by atoms with Gasteiger partial charge in [-0.1, -0.05) is 49.9 Å². The second kappa shape index (κ2) is 27.0. The van der Waals surface area contributed by atoms with Crippen LogP contribution < -0.4 is 26.0 Å². The third-order valence-electron chi connectivity index (χ3n) is 8.19. The highest BCUT2D eigenvalue weighted by Crippen LogP contribution is 2.23. The number of unbranched alkanes of at least 4 members (excludes halogenated alkanes) is 8.